The van der Waals surface area contributed by atoms with Crippen LogP contribution in [0.15, 0.2) is 53.4 Å². The monoisotopic (exact) mass is 429 g/mol. The Kier molecular flexibility index (Phi) is 6.81. The van der Waals surface area contributed by atoms with Gasteiger partial charge in [0, 0.05) is 54.4 Å². The van der Waals surface area contributed by atoms with Gasteiger partial charge in [0.15, 0.2) is 0 Å². The first kappa shape index (κ1) is 20.7. The van der Waals surface area contributed by atoms with Crippen molar-refractivity contribution in [1.82, 2.24) is 9.80 Å². The number of carbonyl (C=O) groups is 1. The summed E-state index contributed by atoms with van der Waals surface area (Å²) in [7, 11) is 0. The maximum absolute atomic E-state index is 13.1. The van der Waals surface area contributed by atoms with Gasteiger partial charge in [0.05, 0.1) is 12.2 Å². The number of hydrogen-bond acceptors (Lipinski definition) is 4. The fraction of sp³-hybridized carbons (Fsp3) is 0.435. The minimum Gasteiger partial charge on any atom is -0.310 e. The number of piperazine rings is 1. The van der Waals surface area contributed by atoms with Gasteiger partial charge in [0.1, 0.15) is 0 Å². The van der Waals surface area contributed by atoms with E-state index in [-0.39, 0.29) is 5.91 Å². The normalized spacial score (nSPS) is 20.9. The predicted octanol–water partition coefficient (Wildman–Crippen LogP) is 4.38. The second-order valence-electron chi connectivity index (χ2n) is 7.91. The van der Waals surface area contributed by atoms with Crippen molar-refractivity contribution in [2.45, 2.75) is 30.0 Å². The molecule has 1 saturated heterocycles. The lowest BCUT2D eigenvalue weighted by Gasteiger charge is -2.35. The Balaban J connectivity index is 1.32. The average molecular weight is 430 g/mol. The zero-order valence-corrected chi connectivity index (χ0v) is 18.5. The van der Waals surface area contributed by atoms with E-state index in [9.17, 15) is 4.79 Å². The van der Waals surface area contributed by atoms with Gasteiger partial charge in [0.25, 0.3) is 0 Å². The van der Waals surface area contributed by atoms with Gasteiger partial charge in [-0.15, -0.1) is 11.8 Å². The molecular weight excluding hydrogens is 402 g/mol. The van der Waals surface area contributed by atoms with Crippen molar-refractivity contribution in [2.24, 2.45) is 0 Å². The zero-order chi connectivity index (χ0) is 20.2. The Labute approximate surface area is 182 Å². The SMILES string of the molecule is C[C@@H]1CCN(C(=O)CN2CCN(Cc3ccc(Cl)cc3)CC2)c2ccccc2S1. The number of amides is 1. The summed E-state index contributed by atoms with van der Waals surface area (Å²) in [5.41, 5.74) is 2.36. The van der Waals surface area contributed by atoms with Crippen molar-refractivity contribution in [3.05, 3.63) is 59.1 Å². The van der Waals surface area contributed by atoms with Gasteiger partial charge < -0.3 is 4.90 Å². The largest absolute Gasteiger partial charge is 0.310 e. The van der Waals surface area contributed by atoms with E-state index in [1.54, 1.807) is 0 Å². The van der Waals surface area contributed by atoms with E-state index in [0.29, 0.717) is 11.8 Å². The van der Waals surface area contributed by atoms with Gasteiger partial charge in [0.2, 0.25) is 5.91 Å². The number of para-hydroxylation sites is 1. The smallest absolute Gasteiger partial charge is 0.241 e. The Morgan fingerprint density at radius 2 is 1.69 bits per heavy atom. The number of fused-ring (bicyclic) bond motifs is 1. The molecule has 29 heavy (non-hydrogen) atoms. The number of halogens is 1. The highest BCUT2D eigenvalue weighted by atomic mass is 35.5. The number of carbonyl (C=O) groups excluding carboxylic acids is 1. The standard InChI is InChI=1S/C23H28ClN3OS/c1-18-10-11-27(21-4-2-3-5-22(21)29-18)23(28)17-26-14-12-25(13-15-26)16-19-6-8-20(24)9-7-19/h2-9,18H,10-17H2,1H3/t18-/m1/s1. The van der Waals surface area contributed by atoms with Crippen LogP contribution in [0.3, 0.4) is 0 Å². The van der Waals surface area contributed by atoms with Crippen molar-refractivity contribution in [3.63, 3.8) is 0 Å². The summed E-state index contributed by atoms with van der Waals surface area (Å²) in [6.45, 7) is 8.32. The molecule has 1 amide bonds. The molecular formula is C23H28ClN3OS. The molecule has 0 spiro atoms. The van der Waals surface area contributed by atoms with Crippen LogP contribution in [-0.4, -0.2) is 60.2 Å². The molecule has 0 bridgehead atoms. The Bertz CT molecular complexity index is 836. The molecule has 0 saturated carbocycles. The van der Waals surface area contributed by atoms with Gasteiger partial charge >= 0.3 is 0 Å². The van der Waals surface area contributed by atoms with Crippen LogP contribution in [0.4, 0.5) is 5.69 Å². The molecule has 0 N–H and O–H groups in total. The van der Waals surface area contributed by atoms with Crippen LogP contribution in [0.1, 0.15) is 18.9 Å². The third-order valence-corrected chi connectivity index (χ3v) is 7.18. The minimum atomic E-state index is 0.221. The van der Waals surface area contributed by atoms with Crippen molar-refractivity contribution < 1.29 is 4.79 Å². The van der Waals surface area contributed by atoms with Crippen molar-refractivity contribution in [3.8, 4) is 0 Å². The minimum absolute atomic E-state index is 0.221. The first-order chi connectivity index (χ1) is 14.1. The van der Waals surface area contributed by atoms with Gasteiger partial charge in [-0.2, -0.15) is 0 Å². The number of nitrogens with zero attached hydrogens (tertiary/aromatic N) is 3. The quantitative estimate of drug-likeness (QED) is 0.720. The van der Waals surface area contributed by atoms with Crippen LogP contribution >= 0.6 is 23.4 Å². The van der Waals surface area contributed by atoms with Crippen LogP contribution in [0.2, 0.25) is 5.02 Å². The van der Waals surface area contributed by atoms with Crippen LogP contribution in [-0.2, 0) is 11.3 Å². The van der Waals surface area contributed by atoms with E-state index in [1.807, 2.05) is 34.9 Å². The number of thioether (sulfide) groups is 1. The third-order valence-electron chi connectivity index (χ3n) is 5.69. The fourth-order valence-corrected chi connectivity index (χ4v) is 5.21. The van der Waals surface area contributed by atoms with Crippen LogP contribution < -0.4 is 4.90 Å². The van der Waals surface area contributed by atoms with E-state index in [2.05, 4.69) is 47.1 Å². The topological polar surface area (TPSA) is 26.8 Å². The maximum Gasteiger partial charge on any atom is 0.241 e. The lowest BCUT2D eigenvalue weighted by atomic mass is 10.2. The summed E-state index contributed by atoms with van der Waals surface area (Å²) >= 11 is 7.86. The second-order valence-corrected chi connectivity index (χ2v) is 9.83. The summed E-state index contributed by atoms with van der Waals surface area (Å²) in [5, 5.41) is 1.31. The number of benzene rings is 2. The number of hydrogen-bond donors (Lipinski definition) is 0. The maximum atomic E-state index is 13.1. The molecule has 6 heteroatoms. The summed E-state index contributed by atoms with van der Waals surface area (Å²) in [6, 6.07) is 16.4. The van der Waals surface area contributed by atoms with Crippen LogP contribution in [0.25, 0.3) is 0 Å². The second kappa shape index (κ2) is 9.52. The average Bonchev–Trinajstić information content (AvgIpc) is 2.89. The summed E-state index contributed by atoms with van der Waals surface area (Å²) in [6.07, 6.45) is 1.03. The summed E-state index contributed by atoms with van der Waals surface area (Å²) < 4.78 is 0. The first-order valence-electron chi connectivity index (χ1n) is 10.3. The molecule has 0 radical (unpaired) electrons. The molecule has 4 nitrogen and oxygen atoms in total. The van der Waals surface area contributed by atoms with E-state index in [0.717, 1.165) is 56.4 Å². The Morgan fingerprint density at radius 1 is 1.00 bits per heavy atom. The van der Waals surface area contributed by atoms with Crippen molar-refractivity contribution in [2.75, 3.05) is 44.2 Å². The molecule has 1 atom stereocenters. The van der Waals surface area contributed by atoms with Crippen molar-refractivity contribution in [1.29, 1.82) is 0 Å². The molecule has 0 aliphatic carbocycles. The van der Waals surface area contributed by atoms with E-state index in [1.165, 1.54) is 10.5 Å². The number of rotatable bonds is 4. The predicted molar refractivity (Wildman–Crippen MR) is 122 cm³/mol. The molecule has 2 aliphatic heterocycles. The molecule has 2 aromatic carbocycles. The molecule has 2 heterocycles. The summed E-state index contributed by atoms with van der Waals surface area (Å²) in [5.74, 6) is 0.221. The molecule has 4 rings (SSSR count). The molecule has 154 valence electrons. The van der Waals surface area contributed by atoms with Gasteiger partial charge in [-0.05, 0) is 36.2 Å². The molecule has 2 aliphatic rings. The molecule has 0 aromatic heterocycles. The Morgan fingerprint density at radius 3 is 2.45 bits per heavy atom. The third kappa shape index (κ3) is 5.34. The molecule has 1 fully saturated rings. The van der Waals surface area contributed by atoms with Gasteiger partial charge in [-0.1, -0.05) is 42.8 Å². The lowest BCUT2D eigenvalue weighted by molar-refractivity contribution is -0.120. The lowest BCUT2D eigenvalue weighted by Crippen LogP contribution is -2.50. The van der Waals surface area contributed by atoms with Crippen LogP contribution in [0, 0.1) is 0 Å². The van der Waals surface area contributed by atoms with Gasteiger partial charge in [-0.25, -0.2) is 0 Å². The van der Waals surface area contributed by atoms with E-state index in [4.69, 9.17) is 11.6 Å². The van der Waals surface area contributed by atoms with Crippen LogP contribution in [0.5, 0.6) is 0 Å². The molecule has 2 aromatic rings. The first-order valence-corrected chi connectivity index (χ1v) is 11.6. The number of anilines is 1. The van der Waals surface area contributed by atoms with E-state index >= 15 is 0 Å². The highest BCUT2D eigenvalue weighted by Gasteiger charge is 2.26. The highest BCUT2D eigenvalue weighted by Crippen LogP contribution is 2.37. The van der Waals surface area contributed by atoms with Gasteiger partial charge in [-0.3, -0.25) is 14.6 Å². The summed E-state index contributed by atoms with van der Waals surface area (Å²) in [4.78, 5) is 21.1. The highest BCUT2D eigenvalue weighted by molar-refractivity contribution is 8.00. The fourth-order valence-electron chi connectivity index (χ4n) is 3.98. The Hall–Kier alpha value is -1.53. The zero-order valence-electron chi connectivity index (χ0n) is 16.9. The molecule has 0 unspecified atom stereocenters. The van der Waals surface area contributed by atoms with Crippen molar-refractivity contribution >= 4 is 35.0 Å². The van der Waals surface area contributed by atoms with E-state index < -0.39 is 0 Å².